The van der Waals surface area contributed by atoms with Gasteiger partial charge in [-0.05, 0) is 55.0 Å². The Balaban J connectivity index is 1.98. The average Bonchev–Trinajstić information content (AvgIpc) is 2.66. The Morgan fingerprint density at radius 2 is 1.89 bits per heavy atom. The topological polar surface area (TPSA) is 71.6 Å². The maximum absolute atomic E-state index is 13.1. The van der Waals surface area contributed by atoms with Gasteiger partial charge in [0.2, 0.25) is 0 Å². The van der Waals surface area contributed by atoms with Crippen molar-refractivity contribution in [3.05, 3.63) is 64.3 Å². The average molecular weight is 418 g/mol. The van der Waals surface area contributed by atoms with Gasteiger partial charge in [0.1, 0.15) is 0 Å². The molecule has 28 heavy (non-hydrogen) atoms. The standard InChI is InChI=1S/C20H20ClN3O3S/c1-11-17(19(25)23-14-6-4-5-13(21)10-14)18(24-20(28)22-11)12-7-8-15(26-2)16(9-12)27-3/h4-10,18H,1-3H3,(H,23,25)(H2,22,24,28)/t18-/m0/s1. The molecule has 1 amide bonds. The van der Waals surface area contributed by atoms with Crippen molar-refractivity contribution in [1.29, 1.82) is 0 Å². The van der Waals surface area contributed by atoms with E-state index in [4.69, 9.17) is 33.3 Å². The van der Waals surface area contributed by atoms with Gasteiger partial charge < -0.3 is 25.4 Å². The number of methoxy groups -OCH3 is 2. The van der Waals surface area contributed by atoms with Crippen molar-refractivity contribution in [3.8, 4) is 11.5 Å². The highest BCUT2D eigenvalue weighted by Crippen LogP contribution is 2.34. The number of ether oxygens (including phenoxy) is 2. The van der Waals surface area contributed by atoms with Crippen molar-refractivity contribution in [2.24, 2.45) is 0 Å². The Labute approximate surface area is 173 Å². The maximum Gasteiger partial charge on any atom is 0.255 e. The molecule has 6 nitrogen and oxygen atoms in total. The predicted octanol–water partition coefficient (Wildman–Crippen LogP) is 3.79. The Bertz CT molecular complexity index is 961. The van der Waals surface area contributed by atoms with Crippen molar-refractivity contribution in [3.63, 3.8) is 0 Å². The van der Waals surface area contributed by atoms with E-state index < -0.39 is 6.04 Å². The third-order valence-electron chi connectivity index (χ3n) is 4.34. The highest BCUT2D eigenvalue weighted by molar-refractivity contribution is 7.80. The van der Waals surface area contributed by atoms with Crippen molar-refractivity contribution in [1.82, 2.24) is 10.6 Å². The fraction of sp³-hybridized carbons (Fsp3) is 0.200. The smallest absolute Gasteiger partial charge is 0.255 e. The molecule has 0 aliphatic carbocycles. The van der Waals surface area contributed by atoms with Gasteiger partial charge in [-0.2, -0.15) is 0 Å². The highest BCUT2D eigenvalue weighted by Gasteiger charge is 2.30. The van der Waals surface area contributed by atoms with Crippen molar-refractivity contribution in [2.45, 2.75) is 13.0 Å². The summed E-state index contributed by atoms with van der Waals surface area (Å²) in [6.07, 6.45) is 0. The van der Waals surface area contributed by atoms with Crippen LogP contribution < -0.4 is 25.4 Å². The number of anilines is 1. The van der Waals surface area contributed by atoms with Gasteiger partial charge in [0.05, 0.1) is 25.8 Å². The van der Waals surface area contributed by atoms with E-state index in [0.29, 0.717) is 38.6 Å². The van der Waals surface area contributed by atoms with Crippen LogP contribution in [-0.2, 0) is 4.79 Å². The maximum atomic E-state index is 13.1. The van der Waals surface area contributed by atoms with Gasteiger partial charge in [-0.15, -0.1) is 0 Å². The fourth-order valence-corrected chi connectivity index (χ4v) is 3.50. The van der Waals surface area contributed by atoms with E-state index in [1.54, 1.807) is 44.6 Å². The predicted molar refractivity (Wildman–Crippen MR) is 114 cm³/mol. The van der Waals surface area contributed by atoms with Gasteiger partial charge in [0.25, 0.3) is 5.91 Å². The molecule has 0 saturated carbocycles. The molecule has 1 atom stereocenters. The summed E-state index contributed by atoms with van der Waals surface area (Å²) in [6, 6.07) is 12.0. The van der Waals surface area contributed by atoms with Crippen LogP contribution >= 0.6 is 23.8 Å². The first kappa shape index (κ1) is 20.0. The van der Waals surface area contributed by atoms with Gasteiger partial charge in [0.15, 0.2) is 16.6 Å². The first-order valence-electron chi connectivity index (χ1n) is 8.50. The molecule has 146 valence electrons. The zero-order chi connectivity index (χ0) is 20.3. The second-order valence-corrected chi connectivity index (χ2v) is 6.99. The number of rotatable bonds is 5. The van der Waals surface area contributed by atoms with Gasteiger partial charge in [-0.1, -0.05) is 23.7 Å². The Morgan fingerprint density at radius 1 is 1.14 bits per heavy atom. The molecule has 0 aromatic heterocycles. The molecule has 1 aliphatic heterocycles. The summed E-state index contributed by atoms with van der Waals surface area (Å²) in [7, 11) is 3.14. The summed E-state index contributed by atoms with van der Waals surface area (Å²) in [4.78, 5) is 13.1. The quantitative estimate of drug-likeness (QED) is 0.643. The van der Waals surface area contributed by atoms with E-state index in [1.807, 2.05) is 19.1 Å². The largest absolute Gasteiger partial charge is 0.493 e. The number of allylic oxidation sites excluding steroid dienone is 1. The van der Waals surface area contributed by atoms with Crippen LogP contribution in [0.3, 0.4) is 0 Å². The number of hydrogen-bond donors (Lipinski definition) is 3. The van der Waals surface area contributed by atoms with Crippen LogP contribution in [0.1, 0.15) is 18.5 Å². The molecule has 8 heteroatoms. The zero-order valence-electron chi connectivity index (χ0n) is 15.6. The number of nitrogens with one attached hydrogen (secondary N) is 3. The molecule has 0 bridgehead atoms. The molecule has 1 aliphatic rings. The lowest BCUT2D eigenvalue weighted by atomic mass is 9.94. The van der Waals surface area contributed by atoms with Gasteiger partial charge in [0, 0.05) is 16.4 Å². The van der Waals surface area contributed by atoms with E-state index in [0.717, 1.165) is 5.56 Å². The molecule has 2 aromatic carbocycles. The summed E-state index contributed by atoms with van der Waals surface area (Å²) in [5.41, 5.74) is 2.61. The number of carbonyl (C=O) groups excluding carboxylic acids is 1. The van der Waals surface area contributed by atoms with Crippen LogP contribution in [0.25, 0.3) is 0 Å². The zero-order valence-corrected chi connectivity index (χ0v) is 17.2. The first-order valence-corrected chi connectivity index (χ1v) is 9.28. The van der Waals surface area contributed by atoms with Crippen molar-refractivity contribution in [2.75, 3.05) is 19.5 Å². The van der Waals surface area contributed by atoms with E-state index in [1.165, 1.54) is 0 Å². The van der Waals surface area contributed by atoms with E-state index >= 15 is 0 Å². The molecule has 0 fully saturated rings. The lowest BCUT2D eigenvalue weighted by Gasteiger charge is -2.30. The lowest BCUT2D eigenvalue weighted by Crippen LogP contribution is -2.45. The van der Waals surface area contributed by atoms with E-state index in [-0.39, 0.29) is 5.91 Å². The Hall–Kier alpha value is -2.77. The second-order valence-electron chi connectivity index (χ2n) is 6.15. The van der Waals surface area contributed by atoms with Gasteiger partial charge in [-0.3, -0.25) is 4.79 Å². The molecule has 0 unspecified atom stereocenters. The monoisotopic (exact) mass is 417 g/mol. The Kier molecular flexibility index (Phi) is 6.06. The molecule has 2 aromatic rings. The summed E-state index contributed by atoms with van der Waals surface area (Å²) in [6.45, 7) is 1.81. The second kappa shape index (κ2) is 8.50. The number of benzene rings is 2. The van der Waals surface area contributed by atoms with Gasteiger partial charge >= 0.3 is 0 Å². The third kappa shape index (κ3) is 4.21. The fourth-order valence-electron chi connectivity index (χ4n) is 3.04. The number of carbonyl (C=O) groups is 1. The molecule has 0 saturated heterocycles. The molecule has 0 spiro atoms. The van der Waals surface area contributed by atoms with Crippen LogP contribution in [0.15, 0.2) is 53.7 Å². The van der Waals surface area contributed by atoms with E-state index in [9.17, 15) is 4.79 Å². The van der Waals surface area contributed by atoms with Crippen LogP contribution in [0.4, 0.5) is 5.69 Å². The van der Waals surface area contributed by atoms with Crippen LogP contribution in [0.5, 0.6) is 11.5 Å². The summed E-state index contributed by atoms with van der Waals surface area (Å²) < 4.78 is 10.7. The number of hydrogen-bond acceptors (Lipinski definition) is 4. The number of amides is 1. The summed E-state index contributed by atoms with van der Waals surface area (Å²) in [5, 5.41) is 10.0. The Morgan fingerprint density at radius 3 is 2.57 bits per heavy atom. The first-order chi connectivity index (χ1) is 13.4. The van der Waals surface area contributed by atoms with Crippen LogP contribution in [-0.4, -0.2) is 25.2 Å². The summed E-state index contributed by atoms with van der Waals surface area (Å²) >= 11 is 11.3. The molecular formula is C20H20ClN3O3S. The molecule has 3 N–H and O–H groups in total. The number of halogens is 1. The highest BCUT2D eigenvalue weighted by atomic mass is 35.5. The number of thiocarbonyl (C=S) groups is 1. The molecule has 0 radical (unpaired) electrons. The molecule has 3 rings (SSSR count). The van der Waals surface area contributed by atoms with Gasteiger partial charge in [-0.25, -0.2) is 0 Å². The summed E-state index contributed by atoms with van der Waals surface area (Å²) in [5.74, 6) is 0.911. The minimum Gasteiger partial charge on any atom is -0.493 e. The SMILES string of the molecule is COc1ccc([C@@H]2NC(=S)NC(C)=C2C(=O)Nc2cccc(Cl)c2)cc1OC. The minimum atomic E-state index is -0.451. The van der Waals surface area contributed by atoms with E-state index in [2.05, 4.69) is 16.0 Å². The van der Waals surface area contributed by atoms with Crippen molar-refractivity contribution >= 4 is 40.5 Å². The lowest BCUT2D eigenvalue weighted by molar-refractivity contribution is -0.113. The normalized spacial score (nSPS) is 16.1. The van der Waals surface area contributed by atoms with Crippen LogP contribution in [0, 0.1) is 0 Å². The van der Waals surface area contributed by atoms with Crippen LogP contribution in [0.2, 0.25) is 5.02 Å². The molecule has 1 heterocycles. The third-order valence-corrected chi connectivity index (χ3v) is 4.79. The van der Waals surface area contributed by atoms with Crippen molar-refractivity contribution < 1.29 is 14.3 Å². The molecular weight excluding hydrogens is 398 g/mol. The minimum absolute atomic E-state index is 0.262.